The van der Waals surface area contributed by atoms with Crippen LogP contribution in [-0.2, 0) is 28.7 Å². The minimum absolute atomic E-state index is 0.0740. The summed E-state index contributed by atoms with van der Waals surface area (Å²) in [5, 5.41) is 44.0. The number of carboxylic acids is 4. The Morgan fingerprint density at radius 3 is 1.52 bits per heavy atom. The molecule has 0 fully saturated rings. The summed E-state index contributed by atoms with van der Waals surface area (Å²) in [4.78, 5) is 45.3. The molecule has 1 atom stereocenters. The average molecular weight is 396 g/mol. The molecule has 156 valence electrons. The van der Waals surface area contributed by atoms with E-state index in [-0.39, 0.29) is 32.9 Å². The lowest BCUT2D eigenvalue weighted by atomic mass is 10.4. The first-order valence-corrected chi connectivity index (χ1v) is 7.80. The van der Waals surface area contributed by atoms with E-state index in [9.17, 15) is 19.2 Å². The van der Waals surface area contributed by atoms with E-state index < -0.39 is 56.3 Å². The lowest BCUT2D eigenvalue weighted by Crippen LogP contribution is -2.43. The van der Waals surface area contributed by atoms with Gasteiger partial charge in [0.25, 0.3) is 0 Å². The highest BCUT2D eigenvalue weighted by atomic mass is 16.7. The van der Waals surface area contributed by atoms with Gasteiger partial charge in [-0.05, 0) is 0 Å². The third-order valence-electron chi connectivity index (χ3n) is 2.95. The van der Waals surface area contributed by atoms with Crippen LogP contribution in [0.15, 0.2) is 0 Å². The molecule has 0 aromatic carbocycles. The lowest BCUT2D eigenvalue weighted by Gasteiger charge is -2.26. The first-order chi connectivity index (χ1) is 12.6. The van der Waals surface area contributed by atoms with Crippen molar-refractivity contribution < 1.29 is 54.2 Å². The second-order valence-electron chi connectivity index (χ2n) is 5.35. The minimum atomic E-state index is -1.26. The highest BCUT2D eigenvalue weighted by Gasteiger charge is 2.21. The largest absolute Gasteiger partial charge is 0.480 e. The third kappa shape index (κ3) is 14.5. The van der Waals surface area contributed by atoms with E-state index in [1.54, 1.807) is 0 Å². The molecule has 0 saturated heterocycles. The number of aliphatic carboxylic acids is 4. The van der Waals surface area contributed by atoms with Crippen LogP contribution in [0.2, 0.25) is 0 Å². The van der Waals surface area contributed by atoms with Gasteiger partial charge >= 0.3 is 23.9 Å². The monoisotopic (exact) mass is 396 g/mol. The summed E-state index contributed by atoms with van der Waals surface area (Å²) >= 11 is 0. The van der Waals surface area contributed by atoms with Crippen LogP contribution in [0, 0.1) is 0 Å². The highest BCUT2D eigenvalue weighted by molar-refractivity contribution is 5.73. The van der Waals surface area contributed by atoms with Gasteiger partial charge < -0.3 is 35.0 Å². The number of nitrogens with zero attached hydrogens (tertiary/aromatic N) is 2. The Morgan fingerprint density at radius 1 is 0.704 bits per heavy atom. The molecule has 0 spiro atoms. The van der Waals surface area contributed by atoms with E-state index in [1.165, 1.54) is 0 Å². The van der Waals surface area contributed by atoms with Crippen molar-refractivity contribution in [2.45, 2.75) is 6.29 Å². The quantitative estimate of drug-likeness (QED) is 0.159. The first-order valence-electron chi connectivity index (χ1n) is 7.80. The summed E-state index contributed by atoms with van der Waals surface area (Å²) < 4.78 is 10.5. The maximum absolute atomic E-state index is 10.8. The van der Waals surface area contributed by atoms with Crippen molar-refractivity contribution >= 4 is 23.9 Å². The van der Waals surface area contributed by atoms with E-state index in [4.69, 9.17) is 35.0 Å². The zero-order valence-electron chi connectivity index (χ0n) is 14.5. The zero-order valence-corrected chi connectivity index (χ0v) is 14.5. The minimum Gasteiger partial charge on any atom is -0.480 e. The van der Waals surface area contributed by atoms with Crippen molar-refractivity contribution in [2.75, 3.05) is 59.1 Å². The molecule has 0 aliphatic heterocycles. The predicted molar refractivity (Wildman–Crippen MR) is 86.2 cm³/mol. The maximum atomic E-state index is 10.8. The fourth-order valence-electron chi connectivity index (χ4n) is 2.03. The van der Waals surface area contributed by atoms with Gasteiger partial charge in [-0.15, -0.1) is 0 Å². The van der Waals surface area contributed by atoms with Gasteiger partial charge in [0.2, 0.25) is 0 Å². The van der Waals surface area contributed by atoms with Crippen LogP contribution >= 0.6 is 0 Å². The molecule has 0 saturated carbocycles. The molecule has 0 bridgehead atoms. The molecule has 0 aromatic heterocycles. The van der Waals surface area contributed by atoms with Crippen molar-refractivity contribution in [3.63, 3.8) is 0 Å². The van der Waals surface area contributed by atoms with Gasteiger partial charge in [-0.1, -0.05) is 0 Å². The van der Waals surface area contributed by atoms with Crippen LogP contribution in [0.4, 0.5) is 0 Å². The fourth-order valence-corrected chi connectivity index (χ4v) is 2.03. The molecule has 0 radical (unpaired) electrons. The summed E-state index contributed by atoms with van der Waals surface area (Å²) in [7, 11) is 0. The summed E-state index contributed by atoms with van der Waals surface area (Å²) in [5.74, 6) is -4.96. The van der Waals surface area contributed by atoms with E-state index in [1.807, 2.05) is 0 Å². The van der Waals surface area contributed by atoms with Crippen LogP contribution < -0.4 is 0 Å². The summed E-state index contributed by atoms with van der Waals surface area (Å²) in [6.45, 7) is -3.22. The predicted octanol–water partition coefficient (Wildman–Crippen LogP) is -2.72. The second kappa shape index (κ2) is 13.8. The van der Waals surface area contributed by atoms with Crippen molar-refractivity contribution in [1.82, 2.24) is 9.80 Å². The molecule has 5 N–H and O–H groups in total. The Balaban J connectivity index is 4.75. The van der Waals surface area contributed by atoms with Crippen molar-refractivity contribution in [3.8, 4) is 0 Å². The third-order valence-corrected chi connectivity index (χ3v) is 2.95. The fraction of sp³-hybridized carbons (Fsp3) is 0.714. The molecule has 27 heavy (non-hydrogen) atoms. The number of carbonyl (C=O) groups is 4. The van der Waals surface area contributed by atoms with Crippen LogP contribution in [0.5, 0.6) is 0 Å². The Bertz CT molecular complexity index is 467. The van der Waals surface area contributed by atoms with Crippen molar-refractivity contribution in [3.05, 3.63) is 0 Å². The second-order valence-corrected chi connectivity index (χ2v) is 5.35. The summed E-state index contributed by atoms with van der Waals surface area (Å²) in [6, 6.07) is 0. The summed E-state index contributed by atoms with van der Waals surface area (Å²) in [5.41, 5.74) is 0. The number of hydrogen-bond donors (Lipinski definition) is 5. The molecular weight excluding hydrogens is 372 g/mol. The molecule has 0 amide bonds. The molecule has 0 heterocycles. The number of aliphatic hydroxyl groups is 1. The van der Waals surface area contributed by atoms with Crippen molar-refractivity contribution in [1.29, 1.82) is 0 Å². The zero-order chi connectivity index (χ0) is 20.8. The topological polar surface area (TPSA) is 194 Å². The molecule has 0 aliphatic carbocycles. The van der Waals surface area contributed by atoms with Gasteiger partial charge in [-0.2, -0.15) is 0 Å². The normalized spacial score (nSPS) is 12.3. The molecule has 13 heteroatoms. The molecule has 13 nitrogen and oxygen atoms in total. The highest BCUT2D eigenvalue weighted by Crippen LogP contribution is 2.02. The Hall–Kier alpha value is -2.32. The van der Waals surface area contributed by atoms with Crippen LogP contribution in [-0.4, -0.2) is 125 Å². The van der Waals surface area contributed by atoms with Crippen LogP contribution in [0.1, 0.15) is 0 Å². The Kier molecular flexibility index (Phi) is 12.6. The van der Waals surface area contributed by atoms with Crippen molar-refractivity contribution in [2.24, 2.45) is 0 Å². The molecular formula is C14H24N2O11. The SMILES string of the molecule is O=C(O)CN(CCO[C@H](CN(CC(=O)O)CC(=O)O)OCCO)CC(=O)O. The standard InChI is InChI=1S/C14H24N2O11/c17-2-4-27-14(9-16(7-12(22)23)8-13(24)25)26-3-1-15(5-10(18)19)6-11(20)21/h14,17H,1-9H2,(H,18,19)(H,20,21)(H,22,23)(H,24,25)/t14-/m0/s1. The van der Waals surface area contributed by atoms with E-state index in [2.05, 4.69) is 0 Å². The number of aliphatic hydroxyl groups excluding tert-OH is 1. The molecule has 0 aliphatic rings. The maximum Gasteiger partial charge on any atom is 0.317 e. The average Bonchev–Trinajstić information content (AvgIpc) is 2.49. The Morgan fingerprint density at radius 2 is 1.11 bits per heavy atom. The van der Waals surface area contributed by atoms with Crippen LogP contribution in [0.3, 0.4) is 0 Å². The molecule has 0 unspecified atom stereocenters. The van der Waals surface area contributed by atoms with Gasteiger partial charge in [0, 0.05) is 6.54 Å². The number of carboxylic acid groups (broad SMARTS) is 4. The van der Waals surface area contributed by atoms with E-state index in [0.717, 1.165) is 9.80 Å². The smallest absolute Gasteiger partial charge is 0.317 e. The summed E-state index contributed by atoms with van der Waals surface area (Å²) in [6.07, 6.45) is -1.10. The molecule has 0 aromatic rings. The van der Waals surface area contributed by atoms with Gasteiger partial charge in [0.15, 0.2) is 6.29 Å². The number of ether oxygens (including phenoxy) is 2. The van der Waals surface area contributed by atoms with E-state index in [0.29, 0.717) is 0 Å². The van der Waals surface area contributed by atoms with Gasteiger partial charge in [0.1, 0.15) is 0 Å². The van der Waals surface area contributed by atoms with Crippen LogP contribution in [0.25, 0.3) is 0 Å². The number of rotatable bonds is 17. The molecule has 0 rings (SSSR count). The first kappa shape index (κ1) is 24.7. The van der Waals surface area contributed by atoms with E-state index >= 15 is 0 Å². The van der Waals surface area contributed by atoms with Gasteiger partial charge in [0.05, 0.1) is 52.5 Å². The van der Waals surface area contributed by atoms with Gasteiger partial charge in [-0.3, -0.25) is 29.0 Å². The number of hydrogen-bond acceptors (Lipinski definition) is 9. The lowest BCUT2D eigenvalue weighted by molar-refractivity contribution is -0.166. The Labute approximate surface area is 154 Å². The van der Waals surface area contributed by atoms with Gasteiger partial charge in [-0.25, -0.2) is 0 Å².